The van der Waals surface area contributed by atoms with E-state index >= 15 is 0 Å². The van der Waals surface area contributed by atoms with E-state index in [0.29, 0.717) is 17.2 Å². The fourth-order valence-corrected chi connectivity index (χ4v) is 2.43. The van der Waals surface area contributed by atoms with Gasteiger partial charge in [0.05, 0.1) is 0 Å². The van der Waals surface area contributed by atoms with E-state index in [-0.39, 0.29) is 5.63 Å². The van der Waals surface area contributed by atoms with Gasteiger partial charge in [0.25, 0.3) is 0 Å². The van der Waals surface area contributed by atoms with Gasteiger partial charge in [0.2, 0.25) is 0 Å². The summed E-state index contributed by atoms with van der Waals surface area (Å²) in [7, 11) is 0. The lowest BCUT2D eigenvalue weighted by atomic mass is 10.0. The van der Waals surface area contributed by atoms with Gasteiger partial charge in [0, 0.05) is 23.2 Å². The van der Waals surface area contributed by atoms with Gasteiger partial charge in [0.1, 0.15) is 5.58 Å². The van der Waals surface area contributed by atoms with Gasteiger partial charge < -0.3 is 10.2 Å². The minimum absolute atomic E-state index is 0.289. The number of anilines is 1. The third-order valence-corrected chi connectivity index (χ3v) is 3.04. The molecule has 3 heteroatoms. The highest BCUT2D eigenvalue weighted by atomic mass is 16.4. The summed E-state index contributed by atoms with van der Waals surface area (Å²) in [5.74, 6) is 0.419. The molecule has 1 aliphatic carbocycles. The molecule has 1 aliphatic rings. The molecule has 3 rings (SSSR count). The summed E-state index contributed by atoms with van der Waals surface area (Å²) in [6, 6.07) is 5.29. The predicted octanol–water partition coefficient (Wildman–Crippen LogP) is 2.03. The van der Waals surface area contributed by atoms with Gasteiger partial charge in [-0.1, -0.05) is 6.92 Å². The van der Waals surface area contributed by atoms with Crippen molar-refractivity contribution in [3.63, 3.8) is 0 Å². The molecule has 1 atom stereocenters. The molecule has 3 nitrogen and oxygen atoms in total. The largest absolute Gasteiger partial charge is 0.423 e. The lowest BCUT2D eigenvalue weighted by Gasteiger charge is -2.04. The van der Waals surface area contributed by atoms with E-state index < -0.39 is 0 Å². The van der Waals surface area contributed by atoms with Crippen LogP contribution in [0.15, 0.2) is 27.4 Å². The molecule has 1 heterocycles. The minimum atomic E-state index is -0.289. The zero-order valence-electron chi connectivity index (χ0n) is 8.41. The van der Waals surface area contributed by atoms with Crippen molar-refractivity contribution in [1.29, 1.82) is 0 Å². The monoisotopic (exact) mass is 201 g/mol. The van der Waals surface area contributed by atoms with Crippen LogP contribution >= 0.6 is 0 Å². The maximum Gasteiger partial charge on any atom is 0.336 e. The SMILES string of the molecule is C[C@H]1Cc2cc(=O)oc3cc(N)cc1c23. The highest BCUT2D eigenvalue weighted by molar-refractivity contribution is 5.89. The van der Waals surface area contributed by atoms with Crippen LogP contribution in [0.4, 0.5) is 5.69 Å². The number of benzene rings is 1. The third-order valence-electron chi connectivity index (χ3n) is 3.04. The van der Waals surface area contributed by atoms with E-state index in [0.717, 1.165) is 17.4 Å². The molecular weight excluding hydrogens is 190 g/mol. The number of hydrogen-bond donors (Lipinski definition) is 1. The number of hydrogen-bond acceptors (Lipinski definition) is 3. The lowest BCUT2D eigenvalue weighted by Crippen LogP contribution is -1.98. The van der Waals surface area contributed by atoms with Gasteiger partial charge in [-0.3, -0.25) is 0 Å². The molecule has 0 saturated carbocycles. The second-order valence-corrected chi connectivity index (χ2v) is 4.18. The van der Waals surface area contributed by atoms with Gasteiger partial charge in [-0.15, -0.1) is 0 Å². The Morgan fingerprint density at radius 2 is 2.20 bits per heavy atom. The molecule has 0 fully saturated rings. The Hall–Kier alpha value is -1.77. The molecule has 0 saturated heterocycles. The highest BCUT2D eigenvalue weighted by Crippen LogP contribution is 2.38. The Bertz CT molecular complexity index is 613. The third kappa shape index (κ3) is 1.09. The Balaban J connectivity index is 2.54. The van der Waals surface area contributed by atoms with Crippen molar-refractivity contribution in [2.75, 3.05) is 5.73 Å². The van der Waals surface area contributed by atoms with Crippen LogP contribution in [0, 0.1) is 0 Å². The average Bonchev–Trinajstić information content (AvgIpc) is 2.43. The molecule has 0 bridgehead atoms. The molecule has 76 valence electrons. The molecule has 2 N–H and O–H groups in total. The van der Waals surface area contributed by atoms with Crippen LogP contribution in [0.2, 0.25) is 0 Å². The Morgan fingerprint density at radius 3 is 3.00 bits per heavy atom. The molecule has 15 heavy (non-hydrogen) atoms. The van der Waals surface area contributed by atoms with Crippen LogP contribution in [-0.4, -0.2) is 0 Å². The second kappa shape index (κ2) is 2.63. The van der Waals surface area contributed by atoms with Gasteiger partial charge in [-0.05, 0) is 29.5 Å². The van der Waals surface area contributed by atoms with Crippen molar-refractivity contribution in [3.8, 4) is 0 Å². The van der Waals surface area contributed by atoms with Crippen molar-refractivity contribution >= 4 is 16.7 Å². The summed E-state index contributed by atoms with van der Waals surface area (Å²) in [5, 5.41) is 1.08. The first-order valence-electron chi connectivity index (χ1n) is 5.01. The van der Waals surface area contributed by atoms with Crippen LogP contribution in [0.25, 0.3) is 11.0 Å². The molecule has 1 aromatic carbocycles. The molecule has 0 radical (unpaired) electrons. The van der Waals surface area contributed by atoms with Gasteiger partial charge in [-0.25, -0.2) is 4.79 Å². The smallest absolute Gasteiger partial charge is 0.336 e. The molecule has 0 amide bonds. The number of rotatable bonds is 0. The van der Waals surface area contributed by atoms with Gasteiger partial charge in [-0.2, -0.15) is 0 Å². The molecule has 1 aromatic heterocycles. The summed E-state index contributed by atoms with van der Waals surface area (Å²) < 4.78 is 5.16. The second-order valence-electron chi connectivity index (χ2n) is 4.18. The fraction of sp³-hybridized carbons (Fsp3) is 0.250. The van der Waals surface area contributed by atoms with Crippen LogP contribution in [0.3, 0.4) is 0 Å². The normalized spacial score (nSPS) is 18.6. The minimum Gasteiger partial charge on any atom is -0.423 e. The summed E-state index contributed by atoms with van der Waals surface area (Å²) in [6.07, 6.45) is 0.904. The first-order valence-corrected chi connectivity index (χ1v) is 5.01. The number of nitrogen functional groups attached to an aromatic ring is 1. The van der Waals surface area contributed by atoms with Gasteiger partial charge in [0.15, 0.2) is 0 Å². The zero-order chi connectivity index (χ0) is 10.6. The van der Waals surface area contributed by atoms with Crippen molar-refractivity contribution in [3.05, 3.63) is 39.7 Å². The van der Waals surface area contributed by atoms with Crippen molar-refractivity contribution in [1.82, 2.24) is 0 Å². The van der Waals surface area contributed by atoms with E-state index in [1.54, 1.807) is 12.1 Å². The van der Waals surface area contributed by atoms with Crippen LogP contribution in [0.5, 0.6) is 0 Å². The van der Waals surface area contributed by atoms with Crippen LogP contribution < -0.4 is 11.4 Å². The maximum absolute atomic E-state index is 11.3. The molecule has 2 aromatic rings. The van der Waals surface area contributed by atoms with Crippen molar-refractivity contribution in [2.45, 2.75) is 19.3 Å². The quantitative estimate of drug-likeness (QED) is 0.524. The average molecular weight is 201 g/mol. The maximum atomic E-state index is 11.3. The molecule has 0 aliphatic heterocycles. The Labute approximate surface area is 86.5 Å². The lowest BCUT2D eigenvalue weighted by molar-refractivity contribution is 0.560. The number of nitrogens with two attached hydrogens (primary N) is 1. The summed E-state index contributed by atoms with van der Waals surface area (Å²) in [5.41, 5.74) is 9.05. The van der Waals surface area contributed by atoms with E-state index in [2.05, 4.69) is 6.92 Å². The van der Waals surface area contributed by atoms with Crippen LogP contribution in [-0.2, 0) is 6.42 Å². The predicted molar refractivity (Wildman–Crippen MR) is 59.0 cm³/mol. The zero-order valence-corrected chi connectivity index (χ0v) is 8.41. The highest BCUT2D eigenvalue weighted by Gasteiger charge is 2.23. The van der Waals surface area contributed by atoms with E-state index in [9.17, 15) is 4.79 Å². The molecular formula is C12H11NO2. The van der Waals surface area contributed by atoms with Crippen molar-refractivity contribution < 1.29 is 4.42 Å². The standard InChI is InChI=1S/C12H11NO2/c1-6-2-7-3-11(14)15-10-5-8(13)4-9(6)12(7)10/h3-6H,2,13H2,1H3/t6-/m0/s1. The molecule has 0 unspecified atom stereocenters. The molecule has 0 spiro atoms. The van der Waals surface area contributed by atoms with E-state index in [1.165, 1.54) is 5.56 Å². The summed E-state index contributed by atoms with van der Waals surface area (Å²) >= 11 is 0. The fourth-order valence-electron chi connectivity index (χ4n) is 2.43. The summed E-state index contributed by atoms with van der Waals surface area (Å²) in [4.78, 5) is 11.3. The summed E-state index contributed by atoms with van der Waals surface area (Å²) in [6.45, 7) is 2.14. The topological polar surface area (TPSA) is 56.2 Å². The van der Waals surface area contributed by atoms with E-state index in [4.69, 9.17) is 10.2 Å². The Kier molecular flexibility index (Phi) is 1.49. The van der Waals surface area contributed by atoms with Crippen LogP contribution in [0.1, 0.15) is 24.0 Å². The van der Waals surface area contributed by atoms with Crippen molar-refractivity contribution in [2.24, 2.45) is 0 Å². The Morgan fingerprint density at radius 1 is 1.40 bits per heavy atom. The van der Waals surface area contributed by atoms with E-state index in [1.807, 2.05) is 6.07 Å². The first-order chi connectivity index (χ1) is 7.15. The first kappa shape index (κ1) is 8.53. The van der Waals surface area contributed by atoms with Gasteiger partial charge >= 0.3 is 5.63 Å².